The molecule has 1 N–H and O–H groups in total. The molecular formula is C11H19N. The summed E-state index contributed by atoms with van der Waals surface area (Å²) >= 11 is 0. The first-order valence-electron chi connectivity index (χ1n) is 5.06. The third-order valence-electron chi connectivity index (χ3n) is 3.00. The fraction of sp³-hybridized carbons (Fsp3) is 0.818. The van der Waals surface area contributed by atoms with Crippen LogP contribution in [0.3, 0.4) is 0 Å². The van der Waals surface area contributed by atoms with Gasteiger partial charge in [0.2, 0.25) is 0 Å². The summed E-state index contributed by atoms with van der Waals surface area (Å²) in [7, 11) is 0. The van der Waals surface area contributed by atoms with Crippen LogP contribution in [-0.2, 0) is 0 Å². The molecule has 1 saturated carbocycles. The highest BCUT2D eigenvalue weighted by Crippen LogP contribution is 2.48. The molecule has 0 aromatic heterocycles. The maximum atomic E-state index is 3.67. The Balaban J connectivity index is 1.99. The van der Waals surface area contributed by atoms with Crippen molar-refractivity contribution < 1.29 is 0 Å². The molecule has 1 nitrogen and oxygen atoms in total. The number of hydrogen-bond acceptors (Lipinski definition) is 1. The van der Waals surface area contributed by atoms with Crippen LogP contribution in [0.1, 0.15) is 40.0 Å². The zero-order valence-corrected chi connectivity index (χ0v) is 8.35. The van der Waals surface area contributed by atoms with Gasteiger partial charge in [-0.2, -0.15) is 0 Å². The number of nitrogens with one attached hydrogen (secondary N) is 1. The monoisotopic (exact) mass is 165 g/mol. The van der Waals surface area contributed by atoms with Crippen LogP contribution in [0, 0.1) is 5.92 Å². The highest BCUT2D eigenvalue weighted by atomic mass is 15.0. The Morgan fingerprint density at radius 2 is 2.33 bits per heavy atom. The van der Waals surface area contributed by atoms with Crippen LogP contribution in [0.4, 0.5) is 0 Å². The minimum Gasteiger partial charge on any atom is -0.309 e. The smallest absolute Gasteiger partial charge is 0.0196 e. The van der Waals surface area contributed by atoms with Crippen molar-refractivity contribution in [3.63, 3.8) is 0 Å². The molecule has 2 unspecified atom stereocenters. The first-order valence-corrected chi connectivity index (χ1v) is 5.06. The first kappa shape index (κ1) is 8.31. The van der Waals surface area contributed by atoms with E-state index >= 15 is 0 Å². The van der Waals surface area contributed by atoms with Crippen molar-refractivity contribution in [1.82, 2.24) is 5.32 Å². The van der Waals surface area contributed by atoms with E-state index in [4.69, 9.17) is 0 Å². The van der Waals surface area contributed by atoms with Gasteiger partial charge in [0, 0.05) is 11.6 Å². The largest absolute Gasteiger partial charge is 0.309 e. The van der Waals surface area contributed by atoms with Crippen LogP contribution in [0.25, 0.3) is 0 Å². The summed E-state index contributed by atoms with van der Waals surface area (Å²) in [6.45, 7) is 6.83. The van der Waals surface area contributed by atoms with Gasteiger partial charge in [0.05, 0.1) is 0 Å². The fourth-order valence-electron chi connectivity index (χ4n) is 2.48. The van der Waals surface area contributed by atoms with E-state index in [1.807, 2.05) is 0 Å². The van der Waals surface area contributed by atoms with Gasteiger partial charge in [-0.05, 0) is 32.1 Å². The lowest BCUT2D eigenvalue weighted by molar-refractivity contribution is 0.289. The molecule has 0 aliphatic heterocycles. The minimum atomic E-state index is 0.388. The Labute approximate surface area is 75.2 Å². The SMILES string of the molecule is CC(C)NC1(C)CC=C2CC2C1. The van der Waals surface area contributed by atoms with Gasteiger partial charge in [-0.1, -0.05) is 25.5 Å². The summed E-state index contributed by atoms with van der Waals surface area (Å²) in [4.78, 5) is 0. The quantitative estimate of drug-likeness (QED) is 0.620. The second kappa shape index (κ2) is 2.59. The average molecular weight is 165 g/mol. The van der Waals surface area contributed by atoms with E-state index in [0.717, 1.165) is 5.92 Å². The van der Waals surface area contributed by atoms with Gasteiger partial charge < -0.3 is 5.32 Å². The molecule has 0 bridgehead atoms. The van der Waals surface area contributed by atoms with E-state index < -0.39 is 0 Å². The van der Waals surface area contributed by atoms with Crippen molar-refractivity contribution >= 4 is 0 Å². The van der Waals surface area contributed by atoms with Gasteiger partial charge in [0.15, 0.2) is 0 Å². The molecule has 0 saturated heterocycles. The molecule has 0 amide bonds. The number of fused-ring (bicyclic) bond motifs is 1. The van der Waals surface area contributed by atoms with Gasteiger partial charge in [0.25, 0.3) is 0 Å². The summed E-state index contributed by atoms with van der Waals surface area (Å²) in [5, 5.41) is 3.67. The average Bonchev–Trinajstić information content (AvgIpc) is 2.62. The van der Waals surface area contributed by atoms with Gasteiger partial charge in [0.1, 0.15) is 0 Å². The van der Waals surface area contributed by atoms with Gasteiger partial charge in [-0.3, -0.25) is 0 Å². The first-order chi connectivity index (χ1) is 5.59. The number of hydrogen-bond donors (Lipinski definition) is 1. The van der Waals surface area contributed by atoms with Crippen LogP contribution in [0.2, 0.25) is 0 Å². The van der Waals surface area contributed by atoms with Gasteiger partial charge in [-0.15, -0.1) is 0 Å². The third-order valence-corrected chi connectivity index (χ3v) is 3.00. The number of allylic oxidation sites excluding steroid dienone is 1. The van der Waals surface area contributed by atoms with Crippen molar-refractivity contribution in [3.8, 4) is 0 Å². The zero-order chi connectivity index (χ0) is 8.77. The van der Waals surface area contributed by atoms with Crippen molar-refractivity contribution in [2.75, 3.05) is 0 Å². The van der Waals surface area contributed by atoms with Gasteiger partial charge in [-0.25, -0.2) is 0 Å². The topological polar surface area (TPSA) is 12.0 Å². The van der Waals surface area contributed by atoms with Crippen LogP contribution >= 0.6 is 0 Å². The molecule has 2 rings (SSSR count). The summed E-state index contributed by atoms with van der Waals surface area (Å²) in [5.74, 6) is 0.940. The van der Waals surface area contributed by atoms with E-state index in [9.17, 15) is 0 Å². The van der Waals surface area contributed by atoms with E-state index in [2.05, 4.69) is 32.2 Å². The Morgan fingerprint density at radius 3 is 2.92 bits per heavy atom. The molecule has 68 valence electrons. The summed E-state index contributed by atoms with van der Waals surface area (Å²) in [6.07, 6.45) is 6.42. The molecule has 0 spiro atoms. The zero-order valence-electron chi connectivity index (χ0n) is 8.35. The summed E-state index contributed by atoms with van der Waals surface area (Å²) in [5.41, 5.74) is 2.11. The molecule has 2 aliphatic rings. The maximum Gasteiger partial charge on any atom is 0.0196 e. The predicted octanol–water partition coefficient (Wildman–Crippen LogP) is 2.48. The summed E-state index contributed by atoms with van der Waals surface area (Å²) in [6, 6.07) is 0.615. The van der Waals surface area contributed by atoms with Crippen LogP contribution in [0.15, 0.2) is 11.6 Å². The Hall–Kier alpha value is -0.300. The van der Waals surface area contributed by atoms with E-state index in [1.165, 1.54) is 19.3 Å². The second-order valence-corrected chi connectivity index (χ2v) is 4.95. The van der Waals surface area contributed by atoms with Crippen molar-refractivity contribution in [3.05, 3.63) is 11.6 Å². The van der Waals surface area contributed by atoms with Crippen molar-refractivity contribution in [1.29, 1.82) is 0 Å². The number of rotatable bonds is 2. The highest BCUT2D eigenvalue weighted by molar-refractivity contribution is 5.28. The standard InChI is InChI=1S/C11H19N/c1-8(2)12-11(3)5-4-9-6-10(9)7-11/h4,8,10,12H,5-7H2,1-3H3. The summed E-state index contributed by atoms with van der Waals surface area (Å²) < 4.78 is 0. The lowest BCUT2D eigenvalue weighted by Crippen LogP contribution is -2.46. The minimum absolute atomic E-state index is 0.388. The van der Waals surface area contributed by atoms with Crippen LogP contribution in [-0.4, -0.2) is 11.6 Å². The van der Waals surface area contributed by atoms with E-state index in [0.29, 0.717) is 11.6 Å². The molecule has 1 heteroatoms. The Kier molecular flexibility index (Phi) is 1.80. The second-order valence-electron chi connectivity index (χ2n) is 4.95. The molecule has 2 atom stereocenters. The molecule has 0 aromatic rings. The fourth-order valence-corrected chi connectivity index (χ4v) is 2.48. The molecule has 12 heavy (non-hydrogen) atoms. The van der Waals surface area contributed by atoms with Crippen LogP contribution in [0.5, 0.6) is 0 Å². The lowest BCUT2D eigenvalue weighted by Gasteiger charge is -2.34. The maximum absolute atomic E-state index is 3.67. The third kappa shape index (κ3) is 1.56. The molecule has 0 aromatic carbocycles. The van der Waals surface area contributed by atoms with E-state index in [-0.39, 0.29) is 0 Å². The van der Waals surface area contributed by atoms with E-state index in [1.54, 1.807) is 5.57 Å². The van der Waals surface area contributed by atoms with Crippen molar-refractivity contribution in [2.45, 2.75) is 51.6 Å². The molecule has 1 fully saturated rings. The lowest BCUT2D eigenvalue weighted by atomic mass is 9.87. The molecule has 0 heterocycles. The highest BCUT2D eigenvalue weighted by Gasteiger charge is 2.40. The Morgan fingerprint density at radius 1 is 1.58 bits per heavy atom. The van der Waals surface area contributed by atoms with Crippen LogP contribution < -0.4 is 5.32 Å². The molecular weight excluding hydrogens is 146 g/mol. The normalized spacial score (nSPS) is 39.3. The molecule has 0 radical (unpaired) electrons. The Bertz CT molecular complexity index is 217. The predicted molar refractivity (Wildman–Crippen MR) is 52.1 cm³/mol. The van der Waals surface area contributed by atoms with Gasteiger partial charge >= 0.3 is 0 Å². The molecule has 2 aliphatic carbocycles. The van der Waals surface area contributed by atoms with Crippen molar-refractivity contribution in [2.24, 2.45) is 5.92 Å².